The second-order valence-corrected chi connectivity index (χ2v) is 5.71. The van der Waals surface area contributed by atoms with Gasteiger partial charge in [-0.05, 0) is 44.2 Å². The maximum atomic E-state index is 13.6. The van der Waals surface area contributed by atoms with Crippen molar-refractivity contribution < 1.29 is 14.0 Å². The Bertz CT molecular complexity index is 825. The summed E-state index contributed by atoms with van der Waals surface area (Å²) < 4.78 is 13.6. The smallest absolute Gasteiger partial charge is 0.239 e. The monoisotopic (exact) mass is 325 g/mol. The van der Waals surface area contributed by atoms with Gasteiger partial charge in [-0.3, -0.25) is 9.59 Å². The first-order chi connectivity index (χ1) is 11.3. The lowest BCUT2D eigenvalue weighted by Gasteiger charge is -2.23. The summed E-state index contributed by atoms with van der Waals surface area (Å²) in [5.41, 5.74) is -0.632. The lowest BCUT2D eigenvalue weighted by atomic mass is 9.90. The normalized spacial score (nSPS) is 10.6. The molecular weight excluding hydrogens is 309 g/mol. The molecule has 6 heteroatoms. The van der Waals surface area contributed by atoms with Crippen molar-refractivity contribution in [2.75, 3.05) is 10.6 Å². The molecular formula is C18H16FN3O2. The zero-order valence-electron chi connectivity index (χ0n) is 13.3. The van der Waals surface area contributed by atoms with Gasteiger partial charge < -0.3 is 10.6 Å². The maximum Gasteiger partial charge on any atom is 0.239 e. The SMILES string of the molecule is CC(C)(C(=O)Nc1cccc(C#N)c1)C(=O)Nc1ccccc1F. The molecule has 2 rings (SSSR count). The van der Waals surface area contributed by atoms with Crippen LogP contribution in [-0.4, -0.2) is 11.8 Å². The molecule has 2 aromatic carbocycles. The Morgan fingerprint density at radius 3 is 2.38 bits per heavy atom. The van der Waals surface area contributed by atoms with Gasteiger partial charge in [-0.2, -0.15) is 5.26 Å². The van der Waals surface area contributed by atoms with Crippen molar-refractivity contribution in [2.24, 2.45) is 5.41 Å². The number of amides is 2. The fourth-order valence-corrected chi connectivity index (χ4v) is 1.90. The van der Waals surface area contributed by atoms with Gasteiger partial charge in [0.25, 0.3) is 0 Å². The number of carbonyl (C=O) groups is 2. The standard InChI is InChI=1S/C18H16FN3O2/c1-18(2,17(24)22-15-9-4-3-8-14(15)19)16(23)21-13-7-5-6-12(10-13)11-20/h3-10H,1-2H3,(H,21,23)(H,22,24). The molecule has 122 valence electrons. The maximum absolute atomic E-state index is 13.6. The summed E-state index contributed by atoms with van der Waals surface area (Å²) in [4.78, 5) is 24.8. The molecule has 0 atom stereocenters. The largest absolute Gasteiger partial charge is 0.325 e. The van der Waals surface area contributed by atoms with E-state index in [9.17, 15) is 14.0 Å². The molecule has 2 N–H and O–H groups in total. The van der Waals surface area contributed by atoms with Gasteiger partial charge in [0.05, 0.1) is 17.3 Å². The zero-order chi connectivity index (χ0) is 17.7. The van der Waals surface area contributed by atoms with Gasteiger partial charge in [-0.1, -0.05) is 18.2 Å². The minimum Gasteiger partial charge on any atom is -0.325 e. The van der Waals surface area contributed by atoms with E-state index >= 15 is 0 Å². The van der Waals surface area contributed by atoms with Crippen LogP contribution in [0.5, 0.6) is 0 Å². The van der Waals surface area contributed by atoms with Crippen LogP contribution in [0.3, 0.4) is 0 Å². The molecule has 0 spiro atoms. The van der Waals surface area contributed by atoms with Crippen molar-refractivity contribution in [3.05, 3.63) is 59.9 Å². The van der Waals surface area contributed by atoms with Gasteiger partial charge in [0.2, 0.25) is 11.8 Å². The summed E-state index contributed by atoms with van der Waals surface area (Å²) >= 11 is 0. The number of nitriles is 1. The molecule has 2 aromatic rings. The van der Waals surface area contributed by atoms with Crippen molar-refractivity contribution in [3.8, 4) is 6.07 Å². The number of rotatable bonds is 4. The summed E-state index contributed by atoms with van der Waals surface area (Å²) in [6.45, 7) is 2.87. The van der Waals surface area contributed by atoms with Crippen LogP contribution in [-0.2, 0) is 9.59 Å². The van der Waals surface area contributed by atoms with E-state index in [1.165, 1.54) is 38.1 Å². The summed E-state index contributed by atoms with van der Waals surface area (Å²) in [6, 6.07) is 14.0. The Balaban J connectivity index is 2.13. The number of nitrogens with zero attached hydrogens (tertiary/aromatic N) is 1. The highest BCUT2D eigenvalue weighted by Crippen LogP contribution is 2.23. The lowest BCUT2D eigenvalue weighted by molar-refractivity contribution is -0.135. The molecule has 0 unspecified atom stereocenters. The number of anilines is 2. The lowest BCUT2D eigenvalue weighted by Crippen LogP contribution is -2.41. The molecule has 2 amide bonds. The second-order valence-electron chi connectivity index (χ2n) is 5.71. The van der Waals surface area contributed by atoms with E-state index in [2.05, 4.69) is 10.6 Å². The molecule has 0 saturated heterocycles. The van der Waals surface area contributed by atoms with E-state index in [0.717, 1.165) is 0 Å². The third kappa shape index (κ3) is 3.76. The number of hydrogen-bond donors (Lipinski definition) is 2. The molecule has 0 aliphatic carbocycles. The van der Waals surface area contributed by atoms with Gasteiger partial charge in [0, 0.05) is 5.69 Å². The van der Waals surface area contributed by atoms with Crippen LogP contribution >= 0.6 is 0 Å². The van der Waals surface area contributed by atoms with E-state index in [1.54, 1.807) is 24.3 Å². The van der Waals surface area contributed by atoms with E-state index in [4.69, 9.17) is 5.26 Å². The molecule has 0 aliphatic rings. The Morgan fingerprint density at radius 1 is 1.04 bits per heavy atom. The molecule has 0 aliphatic heterocycles. The quantitative estimate of drug-likeness (QED) is 0.846. The summed E-state index contributed by atoms with van der Waals surface area (Å²) in [7, 11) is 0. The van der Waals surface area contributed by atoms with Crippen molar-refractivity contribution in [2.45, 2.75) is 13.8 Å². The summed E-state index contributed by atoms with van der Waals surface area (Å²) in [5.74, 6) is -1.78. The number of para-hydroxylation sites is 1. The molecule has 0 radical (unpaired) electrons. The van der Waals surface area contributed by atoms with Gasteiger partial charge in [-0.15, -0.1) is 0 Å². The third-order valence-corrected chi connectivity index (χ3v) is 3.51. The second kappa shape index (κ2) is 6.92. The van der Waals surface area contributed by atoms with Crippen molar-refractivity contribution in [3.63, 3.8) is 0 Å². The fraction of sp³-hybridized carbons (Fsp3) is 0.167. The highest BCUT2D eigenvalue weighted by Gasteiger charge is 2.36. The topological polar surface area (TPSA) is 82.0 Å². The first-order valence-electron chi connectivity index (χ1n) is 7.22. The van der Waals surface area contributed by atoms with Crippen LogP contribution in [0.25, 0.3) is 0 Å². The van der Waals surface area contributed by atoms with Gasteiger partial charge in [0.1, 0.15) is 11.2 Å². The predicted molar refractivity (Wildman–Crippen MR) is 88.6 cm³/mol. The van der Waals surface area contributed by atoms with Crippen LogP contribution in [0, 0.1) is 22.6 Å². The molecule has 24 heavy (non-hydrogen) atoms. The van der Waals surface area contributed by atoms with Crippen LogP contribution < -0.4 is 10.6 Å². The van der Waals surface area contributed by atoms with E-state index in [-0.39, 0.29) is 5.69 Å². The van der Waals surface area contributed by atoms with Crippen LogP contribution in [0.4, 0.5) is 15.8 Å². The summed E-state index contributed by atoms with van der Waals surface area (Å²) in [5, 5.41) is 13.9. The molecule has 0 saturated carbocycles. The highest BCUT2D eigenvalue weighted by atomic mass is 19.1. The van der Waals surface area contributed by atoms with Gasteiger partial charge in [0.15, 0.2) is 0 Å². The van der Waals surface area contributed by atoms with Crippen LogP contribution in [0.15, 0.2) is 48.5 Å². The predicted octanol–water partition coefficient (Wildman–Crippen LogP) is 3.30. The average molecular weight is 325 g/mol. The third-order valence-electron chi connectivity index (χ3n) is 3.51. The number of nitrogens with one attached hydrogen (secondary N) is 2. The summed E-state index contributed by atoms with van der Waals surface area (Å²) in [6.07, 6.45) is 0. The molecule has 0 bridgehead atoms. The van der Waals surface area contributed by atoms with Gasteiger partial charge in [-0.25, -0.2) is 4.39 Å². The van der Waals surface area contributed by atoms with Crippen molar-refractivity contribution >= 4 is 23.2 Å². The minimum atomic E-state index is -1.44. The Kier molecular flexibility index (Phi) is 4.95. The van der Waals surface area contributed by atoms with Crippen LogP contribution in [0.2, 0.25) is 0 Å². The average Bonchev–Trinajstić information content (AvgIpc) is 2.57. The molecule has 0 heterocycles. The number of carbonyl (C=O) groups excluding carboxylic acids is 2. The Labute approximate surface area is 139 Å². The van der Waals surface area contributed by atoms with E-state index in [1.807, 2.05) is 6.07 Å². The Morgan fingerprint density at radius 2 is 1.71 bits per heavy atom. The van der Waals surface area contributed by atoms with Crippen LogP contribution in [0.1, 0.15) is 19.4 Å². The first-order valence-corrected chi connectivity index (χ1v) is 7.22. The zero-order valence-corrected chi connectivity index (χ0v) is 13.3. The number of hydrogen-bond acceptors (Lipinski definition) is 3. The van der Waals surface area contributed by atoms with Crippen molar-refractivity contribution in [1.82, 2.24) is 0 Å². The number of halogens is 1. The highest BCUT2D eigenvalue weighted by molar-refractivity contribution is 6.14. The molecule has 0 aromatic heterocycles. The molecule has 5 nitrogen and oxygen atoms in total. The molecule has 0 fully saturated rings. The number of benzene rings is 2. The minimum absolute atomic E-state index is 0.00912. The first kappa shape index (κ1) is 17.2. The van der Waals surface area contributed by atoms with E-state index in [0.29, 0.717) is 11.3 Å². The van der Waals surface area contributed by atoms with Crippen molar-refractivity contribution in [1.29, 1.82) is 5.26 Å². The fourth-order valence-electron chi connectivity index (χ4n) is 1.90. The Hall–Kier alpha value is -3.20. The van der Waals surface area contributed by atoms with Gasteiger partial charge >= 0.3 is 0 Å². The van der Waals surface area contributed by atoms with E-state index < -0.39 is 23.0 Å².